The van der Waals surface area contributed by atoms with Crippen molar-refractivity contribution in [1.82, 2.24) is 10.3 Å². The number of hydrogen-bond acceptors (Lipinski definition) is 8. The van der Waals surface area contributed by atoms with Crippen molar-refractivity contribution in [3.8, 4) is 23.0 Å². The van der Waals surface area contributed by atoms with Crippen molar-refractivity contribution in [2.45, 2.75) is 6.61 Å². The molecule has 10 heteroatoms. The summed E-state index contributed by atoms with van der Waals surface area (Å²) in [5.74, 6) is 2.52. The van der Waals surface area contributed by atoms with Crippen molar-refractivity contribution in [3.63, 3.8) is 0 Å². The third kappa shape index (κ3) is 5.81. The van der Waals surface area contributed by atoms with Crippen LogP contribution in [0.25, 0.3) is 0 Å². The molecule has 0 unspecified atom stereocenters. The number of rotatable bonds is 8. The number of hydrazone groups is 1. The molecule has 1 amide bonds. The quantitative estimate of drug-likeness (QED) is 0.305. The predicted octanol–water partition coefficient (Wildman–Crippen LogP) is 2.39. The molecule has 0 spiro atoms. The summed E-state index contributed by atoms with van der Waals surface area (Å²) in [5, 5.41) is 4.07. The lowest BCUT2D eigenvalue weighted by molar-refractivity contribution is -0.123. The van der Waals surface area contributed by atoms with Gasteiger partial charge in [0, 0.05) is 13.1 Å². The first kappa shape index (κ1) is 22.6. The summed E-state index contributed by atoms with van der Waals surface area (Å²) in [5.41, 5.74) is 4.31. The van der Waals surface area contributed by atoms with Gasteiger partial charge in [-0.1, -0.05) is 6.07 Å². The van der Waals surface area contributed by atoms with Crippen LogP contribution in [-0.2, 0) is 16.1 Å². The maximum absolute atomic E-state index is 12.1. The molecule has 1 fully saturated rings. The van der Waals surface area contributed by atoms with E-state index in [2.05, 4.69) is 33.1 Å². The van der Waals surface area contributed by atoms with E-state index >= 15 is 0 Å². The summed E-state index contributed by atoms with van der Waals surface area (Å²) in [4.78, 5) is 14.1. The van der Waals surface area contributed by atoms with Crippen LogP contribution in [0.2, 0.25) is 0 Å². The summed E-state index contributed by atoms with van der Waals surface area (Å²) >= 11 is 2.19. The number of hydrogen-bond donors (Lipinski definition) is 1. The van der Waals surface area contributed by atoms with Crippen molar-refractivity contribution in [2.75, 3.05) is 46.8 Å². The Hall–Kier alpha value is -2.57. The lowest BCUT2D eigenvalue weighted by Gasteiger charge is -2.25. The van der Waals surface area contributed by atoms with Crippen molar-refractivity contribution in [2.24, 2.45) is 5.10 Å². The van der Waals surface area contributed by atoms with Crippen LogP contribution >= 0.6 is 22.6 Å². The molecule has 4 rings (SSSR count). The number of amides is 1. The molecule has 9 nitrogen and oxygen atoms in total. The standard InChI is InChI=1S/C22H24IN3O6/c1-28-20-10-16(11-24-25-21(27)12-26-4-6-29-7-5-26)8-17(23)22(20)30-13-15-2-3-18-19(9-15)32-14-31-18/h2-3,8-11H,4-7,12-14H2,1H3,(H,25,27)/b24-11+. The first-order chi connectivity index (χ1) is 15.6. The molecular weight excluding hydrogens is 529 g/mol. The lowest BCUT2D eigenvalue weighted by atomic mass is 10.2. The Bertz CT molecular complexity index is 994. The van der Waals surface area contributed by atoms with Gasteiger partial charge in [-0.25, -0.2) is 5.43 Å². The van der Waals surface area contributed by atoms with Gasteiger partial charge in [0.15, 0.2) is 23.0 Å². The number of carbonyl (C=O) groups excluding carboxylic acids is 1. The van der Waals surface area contributed by atoms with Gasteiger partial charge in [-0.2, -0.15) is 5.10 Å². The zero-order valence-electron chi connectivity index (χ0n) is 17.6. The molecule has 2 heterocycles. The Morgan fingerprint density at radius 2 is 2.03 bits per heavy atom. The second kappa shape index (κ2) is 10.8. The molecular formula is C22H24IN3O6. The van der Waals surface area contributed by atoms with Crippen LogP contribution in [0.4, 0.5) is 0 Å². The van der Waals surface area contributed by atoms with Gasteiger partial charge >= 0.3 is 0 Å². The number of halogens is 1. The summed E-state index contributed by atoms with van der Waals surface area (Å²) in [6.07, 6.45) is 1.59. The van der Waals surface area contributed by atoms with Crippen LogP contribution in [-0.4, -0.2) is 63.8 Å². The smallest absolute Gasteiger partial charge is 0.254 e. The van der Waals surface area contributed by atoms with Gasteiger partial charge in [-0.05, 0) is 58.0 Å². The highest BCUT2D eigenvalue weighted by Crippen LogP contribution is 2.36. The van der Waals surface area contributed by atoms with Gasteiger partial charge in [0.1, 0.15) is 6.61 Å². The summed E-state index contributed by atoms with van der Waals surface area (Å²) in [7, 11) is 1.59. The topological polar surface area (TPSA) is 90.9 Å². The number of nitrogens with zero attached hydrogens (tertiary/aromatic N) is 2. The Labute approximate surface area is 199 Å². The van der Waals surface area contributed by atoms with Gasteiger partial charge in [0.25, 0.3) is 5.91 Å². The number of benzene rings is 2. The highest BCUT2D eigenvalue weighted by atomic mass is 127. The molecule has 0 saturated carbocycles. The molecule has 0 radical (unpaired) electrons. The normalized spacial score (nSPS) is 15.7. The Kier molecular flexibility index (Phi) is 7.66. The van der Waals surface area contributed by atoms with E-state index in [0.29, 0.717) is 37.9 Å². The van der Waals surface area contributed by atoms with Crippen molar-refractivity contribution in [1.29, 1.82) is 0 Å². The first-order valence-electron chi connectivity index (χ1n) is 10.1. The molecule has 2 aromatic carbocycles. The molecule has 2 aliphatic rings. The summed E-state index contributed by atoms with van der Waals surface area (Å²) in [6.45, 7) is 3.69. The van der Waals surface area contributed by atoms with Crippen LogP contribution in [0.5, 0.6) is 23.0 Å². The summed E-state index contributed by atoms with van der Waals surface area (Å²) in [6, 6.07) is 9.44. The fourth-order valence-corrected chi connectivity index (χ4v) is 4.10. The van der Waals surface area contributed by atoms with Crippen LogP contribution in [0, 0.1) is 3.57 Å². The van der Waals surface area contributed by atoms with Crippen LogP contribution in [0.3, 0.4) is 0 Å². The number of ether oxygens (including phenoxy) is 5. The van der Waals surface area contributed by atoms with E-state index in [4.69, 9.17) is 23.7 Å². The second-order valence-corrected chi connectivity index (χ2v) is 8.35. The van der Waals surface area contributed by atoms with Crippen LogP contribution in [0.15, 0.2) is 35.4 Å². The number of carbonyl (C=O) groups is 1. The molecule has 2 aliphatic heterocycles. The van der Waals surface area contributed by atoms with E-state index in [0.717, 1.165) is 39.3 Å². The second-order valence-electron chi connectivity index (χ2n) is 7.19. The van der Waals surface area contributed by atoms with Gasteiger partial charge < -0.3 is 23.7 Å². The molecule has 170 valence electrons. The molecule has 1 saturated heterocycles. The summed E-state index contributed by atoms with van der Waals surface area (Å²) < 4.78 is 28.4. The number of morpholine rings is 1. The van der Waals surface area contributed by atoms with E-state index in [1.807, 2.05) is 35.2 Å². The third-order valence-electron chi connectivity index (χ3n) is 4.95. The fourth-order valence-electron chi connectivity index (χ4n) is 3.32. The number of nitrogens with one attached hydrogen (secondary N) is 1. The Morgan fingerprint density at radius 3 is 2.84 bits per heavy atom. The van der Waals surface area contributed by atoms with E-state index in [1.165, 1.54) is 0 Å². The molecule has 1 N–H and O–H groups in total. The molecule has 0 atom stereocenters. The van der Waals surface area contributed by atoms with E-state index in [9.17, 15) is 4.79 Å². The average molecular weight is 553 g/mol. The van der Waals surface area contributed by atoms with E-state index in [-0.39, 0.29) is 12.7 Å². The molecule has 32 heavy (non-hydrogen) atoms. The maximum atomic E-state index is 12.1. The zero-order valence-corrected chi connectivity index (χ0v) is 19.8. The monoisotopic (exact) mass is 553 g/mol. The van der Waals surface area contributed by atoms with Gasteiger partial charge in [0.05, 0.1) is 36.7 Å². The lowest BCUT2D eigenvalue weighted by Crippen LogP contribution is -2.42. The third-order valence-corrected chi connectivity index (χ3v) is 5.75. The minimum atomic E-state index is -0.159. The minimum absolute atomic E-state index is 0.159. The Balaban J connectivity index is 1.35. The Morgan fingerprint density at radius 1 is 1.22 bits per heavy atom. The van der Waals surface area contributed by atoms with Crippen LogP contribution < -0.4 is 24.4 Å². The van der Waals surface area contributed by atoms with Crippen molar-refractivity contribution in [3.05, 3.63) is 45.0 Å². The van der Waals surface area contributed by atoms with Crippen LogP contribution in [0.1, 0.15) is 11.1 Å². The molecule has 0 aromatic heterocycles. The fraction of sp³-hybridized carbons (Fsp3) is 0.364. The largest absolute Gasteiger partial charge is 0.493 e. The SMILES string of the molecule is COc1cc(/C=N/NC(=O)CN2CCOCC2)cc(I)c1OCc1ccc2c(c1)OCO2. The highest BCUT2D eigenvalue weighted by molar-refractivity contribution is 14.1. The zero-order chi connectivity index (χ0) is 22.3. The maximum Gasteiger partial charge on any atom is 0.254 e. The highest BCUT2D eigenvalue weighted by Gasteiger charge is 2.16. The predicted molar refractivity (Wildman–Crippen MR) is 126 cm³/mol. The van der Waals surface area contributed by atoms with Crippen molar-refractivity contribution >= 4 is 34.7 Å². The van der Waals surface area contributed by atoms with E-state index in [1.54, 1.807) is 13.3 Å². The van der Waals surface area contributed by atoms with Gasteiger partial charge in [-0.15, -0.1) is 0 Å². The number of methoxy groups -OCH3 is 1. The van der Waals surface area contributed by atoms with Crippen molar-refractivity contribution < 1.29 is 28.5 Å². The molecule has 0 bridgehead atoms. The van der Waals surface area contributed by atoms with Gasteiger partial charge in [-0.3, -0.25) is 9.69 Å². The average Bonchev–Trinajstić information content (AvgIpc) is 3.26. The molecule has 2 aromatic rings. The van der Waals surface area contributed by atoms with Gasteiger partial charge in [0.2, 0.25) is 6.79 Å². The minimum Gasteiger partial charge on any atom is -0.493 e. The molecule has 0 aliphatic carbocycles. The first-order valence-corrected chi connectivity index (χ1v) is 11.2. The number of fused-ring (bicyclic) bond motifs is 1. The van der Waals surface area contributed by atoms with E-state index < -0.39 is 0 Å².